The molecule has 9 rings (SSSR count). The van der Waals surface area contributed by atoms with E-state index in [0.29, 0.717) is 22.8 Å². The lowest BCUT2D eigenvalue weighted by Gasteiger charge is -2.38. The summed E-state index contributed by atoms with van der Waals surface area (Å²) in [5.74, 6) is -1.11. The van der Waals surface area contributed by atoms with Gasteiger partial charge in [0.25, 0.3) is 0 Å². The molecule has 1 N–H and O–H groups in total. The van der Waals surface area contributed by atoms with Crippen molar-refractivity contribution >= 4 is 22.8 Å². The van der Waals surface area contributed by atoms with Crippen molar-refractivity contribution in [1.29, 1.82) is 0 Å². The molecule has 0 bridgehead atoms. The first-order valence-electron chi connectivity index (χ1n) is 17.1. The summed E-state index contributed by atoms with van der Waals surface area (Å²) in [6.45, 7) is 0. The third-order valence-electron chi connectivity index (χ3n) is 9.12. The van der Waals surface area contributed by atoms with Gasteiger partial charge in [-0.2, -0.15) is 0 Å². The fourth-order valence-corrected chi connectivity index (χ4v) is 6.73. The lowest BCUT2D eigenvalue weighted by molar-refractivity contribution is 0.242. The Morgan fingerprint density at radius 1 is 0.377 bits per heavy atom. The molecule has 0 saturated heterocycles. The Kier molecular flexibility index (Phi) is 9.00. The highest BCUT2D eigenvalue weighted by Crippen LogP contribution is 2.55. The molecule has 256 valence electrons. The summed E-state index contributed by atoms with van der Waals surface area (Å²) < 4.78 is 33.0. The number of aliphatic imine (C=N–C) groups is 4. The van der Waals surface area contributed by atoms with Crippen LogP contribution in [0, 0.1) is 11.6 Å². The molecular weight excluding hydrogens is 663 g/mol. The van der Waals surface area contributed by atoms with E-state index in [-0.39, 0.29) is 11.1 Å². The zero-order chi connectivity index (χ0) is 36.1. The number of aromatic nitrogens is 2. The van der Waals surface area contributed by atoms with E-state index in [1.807, 2.05) is 121 Å². The number of nitrogens with one attached hydrogen (secondary N) is 1. The number of hydrogen-bond acceptors (Lipinski definition) is 5. The van der Waals surface area contributed by atoms with E-state index >= 15 is 8.78 Å². The lowest BCUT2D eigenvalue weighted by Crippen LogP contribution is -2.44. The molecular formula is C45H32F2N6. The zero-order valence-corrected chi connectivity index (χ0v) is 28.4. The molecule has 7 aromatic rings. The summed E-state index contributed by atoms with van der Waals surface area (Å²) in [5.41, 5.74) is 1.69. The lowest BCUT2D eigenvalue weighted by atomic mass is 9.81. The van der Waals surface area contributed by atoms with Gasteiger partial charge in [-0.05, 0) is 12.1 Å². The van der Waals surface area contributed by atoms with Gasteiger partial charge in [0.15, 0.2) is 0 Å². The van der Waals surface area contributed by atoms with Gasteiger partial charge in [0, 0.05) is 45.8 Å². The average molecular weight is 695 g/mol. The van der Waals surface area contributed by atoms with E-state index in [9.17, 15) is 0 Å². The van der Waals surface area contributed by atoms with Crippen LogP contribution in [-0.4, -0.2) is 32.8 Å². The molecule has 8 heteroatoms. The molecule has 0 spiro atoms. The molecule has 53 heavy (non-hydrogen) atoms. The van der Waals surface area contributed by atoms with Crippen LogP contribution in [0.2, 0.25) is 0 Å². The van der Waals surface area contributed by atoms with Crippen LogP contribution in [0.5, 0.6) is 0 Å². The Balaban J connectivity index is 0.000000740. The van der Waals surface area contributed by atoms with Crippen LogP contribution < -0.4 is 0 Å². The topological polar surface area (TPSA) is 78.1 Å². The summed E-state index contributed by atoms with van der Waals surface area (Å²) >= 11 is 0. The van der Waals surface area contributed by atoms with Gasteiger partial charge < -0.3 is 4.98 Å². The molecule has 0 radical (unpaired) electrons. The Hall–Kier alpha value is -6.93. The minimum atomic E-state index is -1.90. The van der Waals surface area contributed by atoms with E-state index in [4.69, 9.17) is 20.0 Å². The second-order valence-electron chi connectivity index (χ2n) is 12.4. The van der Waals surface area contributed by atoms with E-state index in [2.05, 4.69) is 9.97 Å². The third-order valence-corrected chi connectivity index (χ3v) is 9.12. The van der Waals surface area contributed by atoms with Crippen LogP contribution in [0.15, 0.2) is 209 Å². The van der Waals surface area contributed by atoms with Crippen LogP contribution in [0.4, 0.5) is 8.78 Å². The van der Waals surface area contributed by atoms with Gasteiger partial charge >= 0.3 is 0 Å². The fraction of sp³-hybridized carbons (Fsp3) is 0.0444. The standard InChI is InChI=1S/C42H28F2N4.C3H4N2/c43-35-27-15-13-25-33(35)41(45-37(29-17-5-1-6-18-29)38(46-41)30-19-7-2-8-20-30)42(34-26-14-16-28-36(34)44)47-39(31-21-9-3-10-22-31)40(48-42)32-23-11-4-12-24-32;1-2-5-3-4-1/h1-28H;1-3H,(H,4,5). The second-order valence-corrected chi connectivity index (χ2v) is 12.4. The quantitative estimate of drug-likeness (QED) is 0.177. The van der Waals surface area contributed by atoms with Crippen molar-refractivity contribution in [1.82, 2.24) is 9.97 Å². The molecule has 1 aromatic heterocycles. The molecule has 0 amide bonds. The molecule has 6 aromatic carbocycles. The molecule has 2 aliphatic heterocycles. The van der Waals surface area contributed by atoms with Crippen molar-refractivity contribution in [3.63, 3.8) is 0 Å². The highest BCUT2D eigenvalue weighted by molar-refractivity contribution is 6.55. The van der Waals surface area contributed by atoms with Crippen LogP contribution >= 0.6 is 0 Å². The second kappa shape index (κ2) is 14.4. The van der Waals surface area contributed by atoms with Crippen molar-refractivity contribution in [3.8, 4) is 0 Å². The first-order valence-corrected chi connectivity index (χ1v) is 17.1. The highest BCUT2D eigenvalue weighted by atomic mass is 19.1. The maximum Gasteiger partial charge on any atom is 0.229 e. The zero-order valence-electron chi connectivity index (χ0n) is 28.4. The Morgan fingerprint density at radius 2 is 0.679 bits per heavy atom. The SMILES string of the molecule is Fc1ccccc1C1(C2(c3ccccc3F)N=C(c3ccccc3)C(c3ccccc3)=N2)N=C(c2ccccc2)C(c2ccccc2)=N1.c1c[nH]cn1. The third kappa shape index (κ3) is 6.10. The maximum absolute atomic E-state index is 16.5. The van der Waals surface area contributed by atoms with Crippen molar-refractivity contribution in [2.45, 2.75) is 11.3 Å². The van der Waals surface area contributed by atoms with Crippen LogP contribution in [0.1, 0.15) is 33.4 Å². The summed E-state index contributed by atoms with van der Waals surface area (Å²) in [6, 6.07) is 51.3. The van der Waals surface area contributed by atoms with Gasteiger partial charge in [-0.15, -0.1) is 0 Å². The first kappa shape index (κ1) is 33.2. The average Bonchev–Trinajstić information content (AvgIpc) is 4.02. The largest absolute Gasteiger partial charge is 0.351 e. The summed E-state index contributed by atoms with van der Waals surface area (Å²) in [6.07, 6.45) is 5.08. The van der Waals surface area contributed by atoms with Gasteiger partial charge in [-0.1, -0.05) is 158 Å². The molecule has 0 atom stereocenters. The minimum Gasteiger partial charge on any atom is -0.351 e. The highest BCUT2D eigenvalue weighted by Gasteiger charge is 2.62. The van der Waals surface area contributed by atoms with E-state index in [0.717, 1.165) is 22.3 Å². The molecule has 6 nitrogen and oxygen atoms in total. The van der Waals surface area contributed by atoms with Crippen molar-refractivity contribution in [3.05, 3.63) is 234 Å². The molecule has 0 fully saturated rings. The summed E-state index contributed by atoms with van der Waals surface area (Å²) in [5, 5.41) is 0. The van der Waals surface area contributed by atoms with Crippen LogP contribution in [0.3, 0.4) is 0 Å². The van der Waals surface area contributed by atoms with E-state index in [1.54, 1.807) is 55.1 Å². The molecule has 0 aliphatic carbocycles. The normalized spacial score (nSPS) is 15.4. The number of H-pyrrole nitrogens is 1. The number of hydrogen-bond donors (Lipinski definition) is 1. The van der Waals surface area contributed by atoms with Gasteiger partial charge in [-0.3, -0.25) is 0 Å². The molecule has 3 heterocycles. The van der Waals surface area contributed by atoms with E-state index < -0.39 is 23.0 Å². The van der Waals surface area contributed by atoms with E-state index in [1.165, 1.54) is 12.1 Å². The Labute approximate surface area is 305 Å². The maximum atomic E-state index is 16.5. The van der Waals surface area contributed by atoms with Crippen molar-refractivity contribution in [2.75, 3.05) is 0 Å². The Morgan fingerprint density at radius 3 is 0.925 bits per heavy atom. The number of nitrogens with zero attached hydrogens (tertiary/aromatic N) is 5. The monoisotopic (exact) mass is 694 g/mol. The number of aromatic amines is 1. The van der Waals surface area contributed by atoms with Gasteiger partial charge in [-0.25, -0.2) is 33.7 Å². The Bertz CT molecular complexity index is 2170. The number of benzene rings is 6. The predicted molar refractivity (Wildman–Crippen MR) is 207 cm³/mol. The van der Waals surface area contributed by atoms with Gasteiger partial charge in [0.2, 0.25) is 11.3 Å². The van der Waals surface area contributed by atoms with Gasteiger partial charge in [0.1, 0.15) is 11.6 Å². The van der Waals surface area contributed by atoms with Crippen molar-refractivity contribution in [2.24, 2.45) is 20.0 Å². The number of halogens is 2. The smallest absolute Gasteiger partial charge is 0.229 e. The number of rotatable bonds is 7. The first-order chi connectivity index (χ1) is 26.1. The summed E-state index contributed by atoms with van der Waals surface area (Å²) in [7, 11) is 0. The van der Waals surface area contributed by atoms with Crippen LogP contribution in [-0.2, 0) is 11.3 Å². The fourth-order valence-electron chi connectivity index (χ4n) is 6.73. The molecule has 0 saturated carbocycles. The molecule has 0 unspecified atom stereocenters. The molecule has 2 aliphatic rings. The minimum absolute atomic E-state index is 0.127. The van der Waals surface area contributed by atoms with Crippen molar-refractivity contribution < 1.29 is 8.78 Å². The van der Waals surface area contributed by atoms with Gasteiger partial charge in [0.05, 0.1) is 29.2 Å². The predicted octanol–water partition coefficient (Wildman–Crippen LogP) is 9.36. The summed E-state index contributed by atoms with van der Waals surface area (Å²) in [4.78, 5) is 28.0. The van der Waals surface area contributed by atoms with Crippen LogP contribution in [0.25, 0.3) is 0 Å². The number of imidazole rings is 1.